The number of hydrogen-bond acceptors (Lipinski definition) is 4. The molecule has 0 radical (unpaired) electrons. The van der Waals surface area contributed by atoms with Crippen molar-refractivity contribution in [2.75, 3.05) is 19.6 Å². The molecule has 4 N–H and O–H groups in total. The lowest BCUT2D eigenvalue weighted by Crippen LogP contribution is -2.38. The van der Waals surface area contributed by atoms with Crippen molar-refractivity contribution in [2.45, 2.75) is 6.42 Å². The molecule has 0 aromatic rings. The maximum absolute atomic E-state index is 10.8. The molecule has 13 heavy (non-hydrogen) atoms. The van der Waals surface area contributed by atoms with Crippen LogP contribution in [0, 0.1) is 0 Å². The van der Waals surface area contributed by atoms with Crippen molar-refractivity contribution >= 4 is 18.1 Å². The standard InChI is InChI=1S/C7H13N3O3/c8-2-1-6(12)10-5-7(13)9-3-4-11/h4H,1-3,5,8H2,(H,9,13)(H,10,12). The Labute approximate surface area is 75.9 Å². The van der Waals surface area contributed by atoms with Gasteiger partial charge in [-0.15, -0.1) is 0 Å². The molecule has 0 aliphatic heterocycles. The van der Waals surface area contributed by atoms with Crippen molar-refractivity contribution in [3.63, 3.8) is 0 Å². The fourth-order valence-electron chi connectivity index (χ4n) is 0.616. The van der Waals surface area contributed by atoms with Gasteiger partial charge in [-0.25, -0.2) is 0 Å². The first kappa shape index (κ1) is 11.6. The lowest BCUT2D eigenvalue weighted by atomic mass is 10.4. The molecule has 6 heteroatoms. The normalized spacial score (nSPS) is 9.00. The maximum atomic E-state index is 10.8. The van der Waals surface area contributed by atoms with Crippen LogP contribution in [0.1, 0.15) is 6.42 Å². The zero-order valence-corrected chi connectivity index (χ0v) is 7.21. The molecule has 0 bridgehead atoms. The van der Waals surface area contributed by atoms with Gasteiger partial charge >= 0.3 is 0 Å². The average molecular weight is 187 g/mol. The first-order chi connectivity index (χ1) is 6.20. The zero-order chi connectivity index (χ0) is 10.1. The van der Waals surface area contributed by atoms with Gasteiger partial charge in [-0.1, -0.05) is 0 Å². The largest absolute Gasteiger partial charge is 0.348 e. The highest BCUT2D eigenvalue weighted by Gasteiger charge is 2.02. The summed E-state index contributed by atoms with van der Waals surface area (Å²) < 4.78 is 0. The fourth-order valence-corrected chi connectivity index (χ4v) is 0.616. The van der Waals surface area contributed by atoms with Crippen molar-refractivity contribution in [1.29, 1.82) is 0 Å². The molecule has 2 amide bonds. The third kappa shape index (κ3) is 6.95. The number of aldehydes is 1. The molecule has 0 heterocycles. The minimum absolute atomic E-state index is 0.0361. The Morgan fingerprint density at radius 1 is 1.23 bits per heavy atom. The molecule has 0 unspecified atom stereocenters. The van der Waals surface area contributed by atoms with Gasteiger partial charge in [-0.2, -0.15) is 0 Å². The molecule has 0 aromatic heterocycles. The summed E-state index contributed by atoms with van der Waals surface area (Å²) >= 11 is 0. The number of carbonyl (C=O) groups excluding carboxylic acids is 3. The molecular formula is C7H13N3O3. The van der Waals surface area contributed by atoms with E-state index in [1.807, 2.05) is 0 Å². The van der Waals surface area contributed by atoms with E-state index in [4.69, 9.17) is 5.73 Å². The minimum atomic E-state index is -0.391. The van der Waals surface area contributed by atoms with E-state index in [1.165, 1.54) is 0 Å². The molecule has 0 aliphatic rings. The summed E-state index contributed by atoms with van der Waals surface area (Å²) in [4.78, 5) is 31.4. The summed E-state index contributed by atoms with van der Waals surface area (Å²) in [5.74, 6) is -0.666. The number of nitrogens with one attached hydrogen (secondary N) is 2. The third-order valence-corrected chi connectivity index (χ3v) is 1.20. The van der Waals surface area contributed by atoms with Gasteiger partial charge in [0.05, 0.1) is 13.1 Å². The molecule has 74 valence electrons. The zero-order valence-electron chi connectivity index (χ0n) is 7.21. The maximum Gasteiger partial charge on any atom is 0.239 e. The average Bonchev–Trinajstić information content (AvgIpc) is 2.12. The Hall–Kier alpha value is -1.43. The minimum Gasteiger partial charge on any atom is -0.348 e. The molecule has 0 aromatic carbocycles. The second-order valence-electron chi connectivity index (χ2n) is 2.29. The molecule has 0 aliphatic carbocycles. The van der Waals surface area contributed by atoms with Crippen LogP contribution in [-0.2, 0) is 14.4 Å². The molecule has 0 spiro atoms. The van der Waals surface area contributed by atoms with Gasteiger partial charge in [0.15, 0.2) is 0 Å². The van der Waals surface area contributed by atoms with E-state index in [0.29, 0.717) is 6.29 Å². The van der Waals surface area contributed by atoms with Crippen molar-refractivity contribution < 1.29 is 14.4 Å². The van der Waals surface area contributed by atoms with Crippen LogP contribution in [0.25, 0.3) is 0 Å². The summed E-state index contributed by atoms with van der Waals surface area (Å²) in [7, 11) is 0. The van der Waals surface area contributed by atoms with Gasteiger partial charge in [0.2, 0.25) is 11.8 Å². The van der Waals surface area contributed by atoms with E-state index in [1.54, 1.807) is 0 Å². The smallest absolute Gasteiger partial charge is 0.239 e. The Bertz CT molecular complexity index is 193. The van der Waals surface area contributed by atoms with E-state index >= 15 is 0 Å². The summed E-state index contributed by atoms with van der Waals surface area (Å²) in [5.41, 5.74) is 5.11. The van der Waals surface area contributed by atoms with Crippen molar-refractivity contribution in [3.05, 3.63) is 0 Å². The van der Waals surface area contributed by atoms with E-state index in [0.717, 1.165) is 0 Å². The van der Waals surface area contributed by atoms with Crippen molar-refractivity contribution in [2.24, 2.45) is 5.73 Å². The van der Waals surface area contributed by atoms with Crippen molar-refractivity contribution in [1.82, 2.24) is 10.6 Å². The molecule has 6 nitrogen and oxygen atoms in total. The Kier molecular flexibility index (Phi) is 6.44. The number of rotatable bonds is 6. The first-order valence-electron chi connectivity index (χ1n) is 3.87. The number of hydrogen-bond donors (Lipinski definition) is 3. The topological polar surface area (TPSA) is 101 Å². The quantitative estimate of drug-likeness (QED) is 0.409. The highest BCUT2D eigenvalue weighted by Crippen LogP contribution is 1.73. The van der Waals surface area contributed by atoms with Crippen LogP contribution in [0.15, 0.2) is 0 Å². The van der Waals surface area contributed by atoms with Crippen LogP contribution in [-0.4, -0.2) is 37.7 Å². The second kappa shape index (κ2) is 7.23. The Morgan fingerprint density at radius 2 is 1.92 bits per heavy atom. The van der Waals surface area contributed by atoms with Gasteiger partial charge in [0, 0.05) is 13.0 Å². The van der Waals surface area contributed by atoms with Gasteiger partial charge in [-0.3, -0.25) is 9.59 Å². The van der Waals surface area contributed by atoms with Gasteiger partial charge < -0.3 is 21.2 Å². The molecular weight excluding hydrogens is 174 g/mol. The Balaban J connectivity index is 3.45. The van der Waals surface area contributed by atoms with Crippen LogP contribution in [0.2, 0.25) is 0 Å². The fraction of sp³-hybridized carbons (Fsp3) is 0.571. The van der Waals surface area contributed by atoms with Crippen LogP contribution < -0.4 is 16.4 Å². The summed E-state index contributed by atoms with van der Waals surface area (Å²) in [6.45, 7) is 0.0973. The summed E-state index contributed by atoms with van der Waals surface area (Å²) in [6, 6.07) is 0. The van der Waals surface area contributed by atoms with E-state index in [9.17, 15) is 14.4 Å². The third-order valence-electron chi connectivity index (χ3n) is 1.20. The van der Waals surface area contributed by atoms with Crippen LogP contribution in [0.5, 0.6) is 0 Å². The molecule has 0 rings (SSSR count). The molecule has 0 saturated heterocycles. The number of nitrogens with two attached hydrogens (primary N) is 1. The van der Waals surface area contributed by atoms with Gasteiger partial charge in [-0.05, 0) is 0 Å². The summed E-state index contributed by atoms with van der Waals surface area (Å²) in [5, 5.41) is 4.62. The Morgan fingerprint density at radius 3 is 2.46 bits per heavy atom. The van der Waals surface area contributed by atoms with E-state index in [-0.39, 0.29) is 32.0 Å². The SMILES string of the molecule is NCCC(=O)NCC(=O)NCC=O. The van der Waals surface area contributed by atoms with Crippen LogP contribution >= 0.6 is 0 Å². The molecule has 0 saturated carbocycles. The lowest BCUT2D eigenvalue weighted by Gasteiger charge is -2.03. The number of carbonyl (C=O) groups is 3. The molecule has 0 atom stereocenters. The van der Waals surface area contributed by atoms with Gasteiger partial charge in [0.25, 0.3) is 0 Å². The first-order valence-corrected chi connectivity index (χ1v) is 3.87. The monoisotopic (exact) mass is 187 g/mol. The lowest BCUT2D eigenvalue weighted by molar-refractivity contribution is -0.126. The predicted molar refractivity (Wildman–Crippen MR) is 45.8 cm³/mol. The van der Waals surface area contributed by atoms with E-state index in [2.05, 4.69) is 10.6 Å². The summed E-state index contributed by atoms with van der Waals surface area (Å²) in [6.07, 6.45) is 0.764. The number of amides is 2. The van der Waals surface area contributed by atoms with Gasteiger partial charge in [0.1, 0.15) is 6.29 Å². The van der Waals surface area contributed by atoms with Crippen molar-refractivity contribution in [3.8, 4) is 0 Å². The predicted octanol–water partition coefficient (Wildman–Crippen LogP) is -2.23. The van der Waals surface area contributed by atoms with Crippen LogP contribution in [0.3, 0.4) is 0 Å². The second-order valence-corrected chi connectivity index (χ2v) is 2.29. The highest BCUT2D eigenvalue weighted by atomic mass is 16.2. The highest BCUT2D eigenvalue weighted by molar-refractivity contribution is 5.85. The van der Waals surface area contributed by atoms with Crippen LogP contribution in [0.4, 0.5) is 0 Å². The van der Waals surface area contributed by atoms with E-state index < -0.39 is 5.91 Å². The molecule has 0 fully saturated rings.